The second-order valence-electron chi connectivity index (χ2n) is 4.70. The normalized spacial score (nSPS) is 10.8. The van der Waals surface area contributed by atoms with Gasteiger partial charge in [-0.15, -0.1) is 0 Å². The third-order valence-corrected chi connectivity index (χ3v) is 4.24. The Morgan fingerprint density at radius 3 is 2.09 bits per heavy atom. The molecule has 0 saturated carbocycles. The fourth-order valence-electron chi connectivity index (χ4n) is 1.71. The Bertz CT molecular complexity index is 799. The van der Waals surface area contributed by atoms with Crippen molar-refractivity contribution in [2.24, 2.45) is 0 Å². The highest BCUT2D eigenvalue weighted by atomic mass is 32.2. The van der Waals surface area contributed by atoms with Crippen molar-refractivity contribution in [2.45, 2.75) is 11.8 Å². The van der Waals surface area contributed by atoms with Gasteiger partial charge < -0.3 is 5.32 Å². The minimum atomic E-state index is -3.72. The molecule has 0 radical (unpaired) electrons. The summed E-state index contributed by atoms with van der Waals surface area (Å²) in [5.74, 6) is -0.369. The van der Waals surface area contributed by atoms with Crippen LogP contribution in [0.15, 0.2) is 71.6 Å². The van der Waals surface area contributed by atoms with Crippen LogP contribution in [0.25, 0.3) is 0 Å². The molecule has 6 heteroatoms. The summed E-state index contributed by atoms with van der Waals surface area (Å²) >= 11 is 0. The minimum absolute atomic E-state index is 0.149. The highest BCUT2D eigenvalue weighted by Gasteiger charge is 2.16. The zero-order valence-corrected chi connectivity index (χ0v) is 12.9. The van der Waals surface area contributed by atoms with E-state index in [4.69, 9.17) is 0 Å². The molecule has 0 unspecified atom stereocenters. The number of carbonyl (C=O) groups excluding carboxylic acids is 1. The lowest BCUT2D eigenvalue weighted by Crippen LogP contribution is -2.17. The van der Waals surface area contributed by atoms with Crippen LogP contribution in [0, 0.1) is 0 Å². The lowest BCUT2D eigenvalue weighted by molar-refractivity contribution is -0.112. The highest BCUT2D eigenvalue weighted by molar-refractivity contribution is 7.92. The summed E-state index contributed by atoms with van der Waals surface area (Å²) in [7, 11) is -3.72. The van der Waals surface area contributed by atoms with Gasteiger partial charge in [-0.2, -0.15) is 0 Å². The number of hydrogen-bond acceptors (Lipinski definition) is 3. The number of nitrogens with one attached hydrogen (secondary N) is 2. The molecule has 2 rings (SSSR count). The van der Waals surface area contributed by atoms with E-state index < -0.39 is 10.0 Å². The predicted octanol–water partition coefficient (Wildman–Crippen LogP) is 3.00. The summed E-state index contributed by atoms with van der Waals surface area (Å²) in [6, 6.07) is 14.6. The lowest BCUT2D eigenvalue weighted by atomic mass is 10.2. The molecule has 114 valence electrons. The molecule has 1 amide bonds. The van der Waals surface area contributed by atoms with Crippen LogP contribution >= 0.6 is 0 Å². The fourth-order valence-corrected chi connectivity index (χ4v) is 2.81. The molecular formula is C16H16N2O3S. The number of sulfonamides is 1. The van der Waals surface area contributed by atoms with E-state index in [0.29, 0.717) is 16.9 Å². The predicted molar refractivity (Wildman–Crippen MR) is 87.1 cm³/mol. The summed E-state index contributed by atoms with van der Waals surface area (Å²) < 4.78 is 27.1. The van der Waals surface area contributed by atoms with Gasteiger partial charge in [-0.05, 0) is 31.2 Å². The Morgan fingerprint density at radius 1 is 0.955 bits per heavy atom. The van der Waals surface area contributed by atoms with Crippen molar-refractivity contribution in [3.05, 3.63) is 66.7 Å². The van der Waals surface area contributed by atoms with Crippen LogP contribution in [-0.2, 0) is 14.8 Å². The van der Waals surface area contributed by atoms with Gasteiger partial charge in [0.15, 0.2) is 0 Å². The molecule has 0 saturated heterocycles. The molecule has 5 nitrogen and oxygen atoms in total. The third kappa shape index (κ3) is 3.73. The zero-order valence-electron chi connectivity index (χ0n) is 12.0. The molecule has 0 aromatic heterocycles. The number of para-hydroxylation sites is 2. The van der Waals surface area contributed by atoms with Crippen LogP contribution in [-0.4, -0.2) is 14.3 Å². The Hall–Kier alpha value is -2.60. The molecule has 0 atom stereocenters. The molecule has 2 N–H and O–H groups in total. The number of hydrogen-bond donors (Lipinski definition) is 2. The van der Waals surface area contributed by atoms with E-state index in [1.807, 2.05) is 0 Å². The second-order valence-corrected chi connectivity index (χ2v) is 6.38. The maximum absolute atomic E-state index is 12.3. The van der Waals surface area contributed by atoms with E-state index in [2.05, 4.69) is 16.6 Å². The maximum Gasteiger partial charge on any atom is 0.261 e. The molecule has 0 fully saturated rings. The second kappa shape index (κ2) is 6.44. The van der Waals surface area contributed by atoms with E-state index in [-0.39, 0.29) is 10.8 Å². The first-order chi connectivity index (χ1) is 10.4. The van der Waals surface area contributed by atoms with Crippen molar-refractivity contribution in [3.8, 4) is 0 Å². The Morgan fingerprint density at radius 2 is 1.50 bits per heavy atom. The Kier molecular flexibility index (Phi) is 4.62. The molecular weight excluding hydrogens is 300 g/mol. The van der Waals surface area contributed by atoms with Crippen molar-refractivity contribution < 1.29 is 13.2 Å². The van der Waals surface area contributed by atoms with Gasteiger partial charge in [0.05, 0.1) is 16.3 Å². The van der Waals surface area contributed by atoms with Gasteiger partial charge in [0.2, 0.25) is 0 Å². The van der Waals surface area contributed by atoms with Gasteiger partial charge in [-0.25, -0.2) is 8.42 Å². The molecule has 2 aromatic carbocycles. The SMILES string of the molecule is C=C(C)C(=O)Nc1ccccc1NS(=O)(=O)c1ccccc1. The van der Waals surface area contributed by atoms with Gasteiger partial charge in [0.25, 0.3) is 15.9 Å². The fraction of sp³-hybridized carbons (Fsp3) is 0.0625. The van der Waals surface area contributed by atoms with E-state index in [1.165, 1.54) is 12.1 Å². The molecule has 0 aliphatic heterocycles. The molecule has 22 heavy (non-hydrogen) atoms. The summed E-state index contributed by atoms with van der Waals surface area (Å²) in [6.45, 7) is 5.13. The van der Waals surface area contributed by atoms with E-state index >= 15 is 0 Å². The Labute approximate surface area is 129 Å². The van der Waals surface area contributed by atoms with Gasteiger partial charge in [-0.1, -0.05) is 36.9 Å². The first-order valence-electron chi connectivity index (χ1n) is 6.54. The topological polar surface area (TPSA) is 75.3 Å². The summed E-state index contributed by atoms with van der Waals surface area (Å²) in [4.78, 5) is 11.9. The van der Waals surface area contributed by atoms with Crippen molar-refractivity contribution in [3.63, 3.8) is 0 Å². The van der Waals surface area contributed by atoms with Crippen LogP contribution in [0.3, 0.4) is 0 Å². The monoisotopic (exact) mass is 316 g/mol. The van der Waals surface area contributed by atoms with Crippen LogP contribution in [0.4, 0.5) is 11.4 Å². The lowest BCUT2D eigenvalue weighted by Gasteiger charge is -2.13. The molecule has 2 aromatic rings. The number of carbonyl (C=O) groups is 1. The molecule has 0 spiro atoms. The molecule has 0 heterocycles. The maximum atomic E-state index is 12.3. The molecule has 0 aliphatic rings. The van der Waals surface area contributed by atoms with Crippen molar-refractivity contribution in [2.75, 3.05) is 10.0 Å². The van der Waals surface area contributed by atoms with Gasteiger partial charge in [0, 0.05) is 5.57 Å². The molecule has 0 aliphatic carbocycles. The summed E-state index contributed by atoms with van der Waals surface area (Å²) in [5.41, 5.74) is 0.997. The first-order valence-corrected chi connectivity index (χ1v) is 8.02. The van der Waals surface area contributed by atoms with Crippen LogP contribution in [0.1, 0.15) is 6.92 Å². The highest BCUT2D eigenvalue weighted by Crippen LogP contribution is 2.24. The van der Waals surface area contributed by atoms with Gasteiger partial charge >= 0.3 is 0 Å². The van der Waals surface area contributed by atoms with Crippen LogP contribution < -0.4 is 10.0 Å². The van der Waals surface area contributed by atoms with E-state index in [9.17, 15) is 13.2 Å². The number of anilines is 2. The summed E-state index contributed by atoms with van der Waals surface area (Å²) in [5, 5.41) is 2.62. The summed E-state index contributed by atoms with van der Waals surface area (Å²) in [6.07, 6.45) is 0. The van der Waals surface area contributed by atoms with Crippen LogP contribution in [0.5, 0.6) is 0 Å². The largest absolute Gasteiger partial charge is 0.320 e. The van der Waals surface area contributed by atoms with Crippen molar-refractivity contribution in [1.82, 2.24) is 0 Å². The zero-order chi connectivity index (χ0) is 16.2. The molecule has 0 bridgehead atoms. The third-order valence-electron chi connectivity index (χ3n) is 2.86. The van der Waals surface area contributed by atoms with Gasteiger partial charge in [0.1, 0.15) is 0 Å². The smallest absolute Gasteiger partial charge is 0.261 e. The minimum Gasteiger partial charge on any atom is -0.320 e. The van der Waals surface area contributed by atoms with Crippen molar-refractivity contribution >= 4 is 27.3 Å². The number of rotatable bonds is 5. The first kappa shape index (κ1) is 15.8. The van der Waals surface area contributed by atoms with E-state index in [1.54, 1.807) is 49.4 Å². The van der Waals surface area contributed by atoms with Gasteiger partial charge in [-0.3, -0.25) is 9.52 Å². The Balaban J connectivity index is 2.31. The average Bonchev–Trinajstić information content (AvgIpc) is 2.49. The number of amides is 1. The number of benzene rings is 2. The quantitative estimate of drug-likeness (QED) is 0.833. The van der Waals surface area contributed by atoms with Crippen molar-refractivity contribution in [1.29, 1.82) is 0 Å². The van der Waals surface area contributed by atoms with E-state index in [0.717, 1.165) is 0 Å². The standard InChI is InChI=1S/C16H16N2O3S/c1-12(2)16(19)17-14-10-6-7-11-15(14)18-22(20,21)13-8-4-3-5-9-13/h3-11,18H,1H2,2H3,(H,17,19). The van der Waals surface area contributed by atoms with Crippen LogP contribution in [0.2, 0.25) is 0 Å². The average molecular weight is 316 g/mol.